The molecule has 88 valence electrons. The molecule has 0 aliphatic rings. The van der Waals surface area contributed by atoms with Gasteiger partial charge in [0.05, 0.1) is 13.6 Å². The van der Waals surface area contributed by atoms with Gasteiger partial charge in [0.2, 0.25) is 16.7 Å². The molecule has 1 aromatic rings. The number of hydrogen-bond acceptors (Lipinski definition) is 3. The number of imidazole rings is 1. The molecule has 1 rings (SSSR count). The second-order valence-corrected chi connectivity index (χ2v) is 3.95. The second-order valence-electron chi connectivity index (χ2n) is 3.10. The minimum atomic E-state index is -4.92. The zero-order valence-corrected chi connectivity index (χ0v) is 9.64. The standard InChI is InChI=1S/C8H15N2.H2O4S/c1-3-4-5-10-7-6-9(2)8-10;1-5(2,3)4/h6-8H,3-5H2,1-2H3;(H2,1,2,3,4)/q+1;/p-1. The van der Waals surface area contributed by atoms with Gasteiger partial charge in [-0.1, -0.05) is 13.3 Å². The lowest BCUT2D eigenvalue weighted by Crippen LogP contribution is -2.23. The maximum atomic E-state index is 8.63. The highest BCUT2D eigenvalue weighted by molar-refractivity contribution is 7.79. The average molecular weight is 236 g/mol. The third kappa shape index (κ3) is 11.0. The van der Waals surface area contributed by atoms with Crippen molar-refractivity contribution >= 4 is 10.4 Å². The fourth-order valence-electron chi connectivity index (χ4n) is 0.975. The Morgan fingerprint density at radius 1 is 1.53 bits per heavy atom. The summed E-state index contributed by atoms with van der Waals surface area (Å²) in [4.78, 5) is 0. The van der Waals surface area contributed by atoms with Gasteiger partial charge in [0.15, 0.2) is 0 Å². The van der Waals surface area contributed by atoms with Crippen molar-refractivity contribution < 1.29 is 22.1 Å². The van der Waals surface area contributed by atoms with Gasteiger partial charge in [0, 0.05) is 0 Å². The van der Waals surface area contributed by atoms with E-state index in [0.29, 0.717) is 0 Å². The quantitative estimate of drug-likeness (QED) is 0.458. The largest absolute Gasteiger partial charge is 0.726 e. The minimum absolute atomic E-state index is 1.15. The van der Waals surface area contributed by atoms with E-state index in [4.69, 9.17) is 17.5 Å². The van der Waals surface area contributed by atoms with Crippen LogP contribution in [0.1, 0.15) is 19.8 Å². The minimum Gasteiger partial charge on any atom is -0.726 e. The summed E-state index contributed by atoms with van der Waals surface area (Å²) in [7, 11) is -2.87. The highest BCUT2D eigenvalue weighted by Gasteiger charge is 1.96. The molecule has 0 aliphatic heterocycles. The van der Waals surface area contributed by atoms with Gasteiger partial charge in [-0.2, -0.15) is 0 Å². The van der Waals surface area contributed by atoms with E-state index in [1.54, 1.807) is 0 Å². The number of hydrogen-bond donors (Lipinski definition) is 1. The van der Waals surface area contributed by atoms with E-state index in [1.807, 2.05) is 7.05 Å². The van der Waals surface area contributed by atoms with E-state index >= 15 is 0 Å². The SMILES string of the molecule is CCCCn1cc[n+](C)c1.O=S(=O)([O-])O. The summed E-state index contributed by atoms with van der Waals surface area (Å²) >= 11 is 0. The van der Waals surface area contributed by atoms with E-state index in [2.05, 4.69) is 34.8 Å². The van der Waals surface area contributed by atoms with Crippen molar-refractivity contribution in [3.8, 4) is 0 Å². The molecule has 0 aromatic carbocycles. The molecule has 0 spiro atoms. The molecule has 1 N–H and O–H groups in total. The fourth-order valence-corrected chi connectivity index (χ4v) is 0.975. The molecule has 0 atom stereocenters. The van der Waals surface area contributed by atoms with Gasteiger partial charge >= 0.3 is 0 Å². The lowest BCUT2D eigenvalue weighted by Gasteiger charge is -1.90. The zero-order chi connectivity index (χ0) is 11.9. The lowest BCUT2D eigenvalue weighted by atomic mass is 10.3. The molecule has 0 bridgehead atoms. The van der Waals surface area contributed by atoms with E-state index in [9.17, 15) is 0 Å². The topological polar surface area (TPSA) is 86.2 Å². The maximum Gasteiger partial charge on any atom is 0.243 e. The first-order valence-corrected chi connectivity index (χ1v) is 5.88. The van der Waals surface area contributed by atoms with E-state index in [0.717, 1.165) is 6.54 Å². The molecular formula is C8H16N2O4S. The Morgan fingerprint density at radius 2 is 2.07 bits per heavy atom. The summed E-state index contributed by atoms with van der Waals surface area (Å²) < 4.78 is 37.1. The molecule has 6 nitrogen and oxygen atoms in total. The van der Waals surface area contributed by atoms with Gasteiger partial charge < -0.3 is 4.55 Å². The maximum absolute atomic E-state index is 8.63. The molecular weight excluding hydrogens is 220 g/mol. The molecule has 7 heteroatoms. The third-order valence-electron chi connectivity index (χ3n) is 1.59. The molecule has 1 heterocycles. The molecule has 1 aromatic heterocycles. The predicted octanol–water partition coefficient (Wildman–Crippen LogP) is 0.117. The van der Waals surface area contributed by atoms with Crippen LogP contribution < -0.4 is 4.57 Å². The average Bonchev–Trinajstić information content (AvgIpc) is 2.45. The van der Waals surface area contributed by atoms with Gasteiger partial charge in [-0.05, 0) is 6.42 Å². The number of aryl methyl sites for hydroxylation is 2. The Hall–Kier alpha value is -0.920. The molecule has 0 saturated heterocycles. The number of nitrogens with zero attached hydrogens (tertiary/aromatic N) is 2. The first-order chi connectivity index (χ1) is 6.83. The van der Waals surface area contributed by atoms with Gasteiger partial charge in [-0.3, -0.25) is 4.55 Å². The van der Waals surface area contributed by atoms with Crippen molar-refractivity contribution in [2.75, 3.05) is 0 Å². The third-order valence-corrected chi connectivity index (χ3v) is 1.59. The summed E-state index contributed by atoms with van der Waals surface area (Å²) in [6, 6.07) is 0. The zero-order valence-electron chi connectivity index (χ0n) is 8.83. The van der Waals surface area contributed by atoms with Crippen LogP contribution in [0.25, 0.3) is 0 Å². The van der Waals surface area contributed by atoms with Crippen LogP contribution in [0.3, 0.4) is 0 Å². The summed E-state index contributed by atoms with van der Waals surface area (Å²) in [5.74, 6) is 0. The molecule has 0 radical (unpaired) electrons. The van der Waals surface area contributed by atoms with Crippen LogP contribution in [0.2, 0.25) is 0 Å². The van der Waals surface area contributed by atoms with Crippen LogP contribution >= 0.6 is 0 Å². The van der Waals surface area contributed by atoms with Crippen LogP contribution in [0, 0.1) is 0 Å². The van der Waals surface area contributed by atoms with E-state index in [1.165, 1.54) is 12.8 Å². The van der Waals surface area contributed by atoms with Crippen molar-refractivity contribution in [2.45, 2.75) is 26.3 Å². The molecule has 0 amide bonds. The summed E-state index contributed by atoms with van der Waals surface area (Å²) in [5, 5.41) is 0. The van der Waals surface area contributed by atoms with Gasteiger partial charge in [0.25, 0.3) is 0 Å². The number of rotatable bonds is 3. The highest BCUT2D eigenvalue weighted by Crippen LogP contribution is 1.91. The molecule has 15 heavy (non-hydrogen) atoms. The van der Waals surface area contributed by atoms with Crippen molar-refractivity contribution in [3.63, 3.8) is 0 Å². The monoisotopic (exact) mass is 236 g/mol. The van der Waals surface area contributed by atoms with Gasteiger partial charge in [0.1, 0.15) is 12.4 Å². The normalized spacial score (nSPS) is 10.7. The Labute approximate surface area is 89.7 Å². The predicted molar refractivity (Wildman–Crippen MR) is 52.8 cm³/mol. The van der Waals surface area contributed by atoms with Crippen LogP contribution in [-0.2, 0) is 24.0 Å². The van der Waals surface area contributed by atoms with Crippen molar-refractivity contribution in [2.24, 2.45) is 7.05 Å². The molecule has 0 fully saturated rings. The van der Waals surface area contributed by atoms with Gasteiger partial charge in [-0.25, -0.2) is 17.6 Å². The van der Waals surface area contributed by atoms with Crippen LogP contribution in [0.4, 0.5) is 0 Å². The van der Waals surface area contributed by atoms with Crippen LogP contribution in [-0.4, -0.2) is 22.1 Å². The summed E-state index contributed by atoms with van der Waals surface area (Å²) in [6.07, 6.45) is 8.82. The van der Waals surface area contributed by atoms with Crippen molar-refractivity contribution in [3.05, 3.63) is 18.7 Å². The van der Waals surface area contributed by atoms with Crippen molar-refractivity contribution in [1.82, 2.24) is 4.57 Å². The number of unbranched alkanes of at least 4 members (excludes halogenated alkanes) is 1. The van der Waals surface area contributed by atoms with Crippen LogP contribution in [0.15, 0.2) is 18.7 Å². The number of aromatic nitrogens is 2. The molecule has 0 saturated carbocycles. The van der Waals surface area contributed by atoms with Crippen molar-refractivity contribution in [1.29, 1.82) is 0 Å². The first kappa shape index (κ1) is 14.1. The lowest BCUT2D eigenvalue weighted by molar-refractivity contribution is -0.671. The smallest absolute Gasteiger partial charge is 0.243 e. The summed E-state index contributed by atoms with van der Waals surface area (Å²) in [6.45, 7) is 3.36. The van der Waals surface area contributed by atoms with E-state index < -0.39 is 10.4 Å². The molecule has 0 aliphatic carbocycles. The Kier molecular flexibility index (Phi) is 6.14. The van der Waals surface area contributed by atoms with E-state index in [-0.39, 0.29) is 0 Å². The first-order valence-electron chi connectivity index (χ1n) is 4.52. The second kappa shape index (κ2) is 6.54. The fraction of sp³-hybridized carbons (Fsp3) is 0.625. The highest BCUT2D eigenvalue weighted by atomic mass is 32.3. The Morgan fingerprint density at radius 3 is 2.40 bits per heavy atom. The van der Waals surface area contributed by atoms with Crippen LogP contribution in [0.5, 0.6) is 0 Å². The van der Waals surface area contributed by atoms with Gasteiger partial charge in [-0.15, -0.1) is 0 Å². The summed E-state index contributed by atoms with van der Waals surface area (Å²) in [5.41, 5.74) is 0. The Balaban J connectivity index is 0.000000336. The molecule has 0 unspecified atom stereocenters. The Bertz CT molecular complexity index is 364.